The minimum absolute atomic E-state index is 0.0511. The van der Waals surface area contributed by atoms with E-state index in [9.17, 15) is 19.0 Å². The number of carbonyl (C=O) groups excluding carboxylic acids is 2. The Hall–Kier alpha value is -3.33. The second kappa shape index (κ2) is 38.2. The summed E-state index contributed by atoms with van der Waals surface area (Å²) in [6.45, 7) is 3.84. The molecule has 0 amide bonds. The van der Waals surface area contributed by atoms with Crippen molar-refractivity contribution in [3.63, 3.8) is 0 Å². The fourth-order valence-corrected chi connectivity index (χ4v) is 5.57. The van der Waals surface area contributed by atoms with Crippen molar-refractivity contribution in [1.82, 2.24) is 0 Å². The molecule has 0 bridgehead atoms. The van der Waals surface area contributed by atoms with Crippen LogP contribution in [0.25, 0.3) is 0 Å². The zero-order valence-corrected chi connectivity index (χ0v) is 36.9. The van der Waals surface area contributed by atoms with E-state index >= 15 is 0 Å². The Morgan fingerprint density at radius 3 is 1.63 bits per heavy atom. The van der Waals surface area contributed by atoms with Crippen molar-refractivity contribution in [2.24, 2.45) is 0 Å². The number of ether oxygens (including phenoxy) is 2. The molecule has 0 aromatic rings. The molecular weight excluding hydrogens is 737 g/mol. The Kier molecular flexibility index (Phi) is 36.0. The number of nitrogens with zero attached hydrogens (tertiary/aromatic N) is 1. The van der Waals surface area contributed by atoms with E-state index < -0.39 is 32.5 Å². The predicted molar refractivity (Wildman–Crippen MR) is 235 cm³/mol. The molecule has 0 aromatic carbocycles. The average molecular weight is 814 g/mol. The molecule has 0 radical (unpaired) electrons. The molecule has 2 atom stereocenters. The third-order valence-corrected chi connectivity index (χ3v) is 9.06. The van der Waals surface area contributed by atoms with Crippen LogP contribution in [0.15, 0.2) is 109 Å². The van der Waals surface area contributed by atoms with E-state index in [0.29, 0.717) is 23.9 Å². The quantitative estimate of drug-likeness (QED) is 0.0154. The van der Waals surface area contributed by atoms with Crippen molar-refractivity contribution in [2.75, 3.05) is 47.5 Å². The zero-order valence-electron chi connectivity index (χ0n) is 36.0. The zero-order chi connectivity index (χ0) is 42.1. The van der Waals surface area contributed by atoms with E-state index in [1.807, 2.05) is 45.4 Å². The van der Waals surface area contributed by atoms with Crippen LogP contribution in [0.4, 0.5) is 0 Å². The van der Waals surface area contributed by atoms with E-state index in [4.69, 9.17) is 18.5 Å². The molecule has 0 saturated carbocycles. The number of phosphoric acid groups is 1. The van der Waals surface area contributed by atoms with Gasteiger partial charge in [0, 0.05) is 12.8 Å². The molecule has 0 rings (SSSR count). The highest BCUT2D eigenvalue weighted by Gasteiger charge is 2.21. The summed E-state index contributed by atoms with van der Waals surface area (Å²) in [7, 11) is 1.10. The first-order chi connectivity index (χ1) is 27.5. The number of carbonyl (C=O) groups is 2. The van der Waals surface area contributed by atoms with Crippen LogP contribution in [0.1, 0.15) is 123 Å². The number of rotatable bonds is 36. The van der Waals surface area contributed by atoms with Gasteiger partial charge in [0.1, 0.15) is 19.8 Å². The molecule has 0 spiro atoms. The number of quaternary nitrogens is 1. The summed E-state index contributed by atoms with van der Waals surface area (Å²) in [5.41, 5.74) is 0. The standard InChI is InChI=1S/C47H76NO8P/c1-6-8-10-12-14-16-18-20-21-22-23-24-25-26-28-29-31-33-35-37-39-46(49)53-43-45(44-55-57(51,52)54-42-41-48(3,4)5)56-47(50)40-38-36-34-32-30-27-19-17-15-13-11-9-7-2/h8-11,13-17,19-21,23-24,26,28,31,33,45H,6-7,12,18,22,25,27,29-30,32,34-44H2,1-5H3/b10-8+,11-9+,15-13+,16-14+,19-17+,21-20+,24-23+,28-26+,33-31+. The number of likely N-dealkylation sites (N-methyl/N-ethyl adjacent to an activating group) is 1. The van der Waals surface area contributed by atoms with Crippen LogP contribution < -0.4 is 4.89 Å². The molecule has 0 aliphatic rings. The predicted octanol–water partition coefficient (Wildman–Crippen LogP) is 11.3. The van der Waals surface area contributed by atoms with E-state index in [1.54, 1.807) is 0 Å². The van der Waals surface area contributed by atoms with Crippen LogP contribution in [0, 0.1) is 0 Å². The van der Waals surface area contributed by atoms with Crippen molar-refractivity contribution >= 4 is 19.8 Å². The SMILES string of the molecule is CC/C=C/C=C/C=C/CCCCCCCC(=O)OC(COC(=O)CCC/C=C/C/C=C/C/C=C/C/C=C/C/C=C/C/C=C/CC)COP(=O)([O-])OCC[N+](C)(C)C. The molecular formula is C47H76NO8P. The van der Waals surface area contributed by atoms with Gasteiger partial charge in [-0.3, -0.25) is 14.2 Å². The first-order valence-electron chi connectivity index (χ1n) is 21.1. The van der Waals surface area contributed by atoms with E-state index in [2.05, 4.69) is 98.9 Å². The monoisotopic (exact) mass is 814 g/mol. The second-order valence-corrected chi connectivity index (χ2v) is 16.1. The van der Waals surface area contributed by atoms with Crippen LogP contribution in [-0.4, -0.2) is 70.0 Å². The normalized spacial score (nSPS) is 14.7. The fraction of sp³-hybridized carbons (Fsp3) is 0.574. The molecule has 0 heterocycles. The van der Waals surface area contributed by atoms with Crippen LogP contribution in [0.3, 0.4) is 0 Å². The molecule has 0 aromatic heterocycles. The second-order valence-electron chi connectivity index (χ2n) is 14.6. The van der Waals surface area contributed by atoms with Gasteiger partial charge in [0.2, 0.25) is 0 Å². The van der Waals surface area contributed by atoms with Gasteiger partial charge in [-0.15, -0.1) is 0 Å². The van der Waals surface area contributed by atoms with Gasteiger partial charge in [0.15, 0.2) is 6.10 Å². The number of unbranched alkanes of at least 4 members (excludes halogenated alkanes) is 6. The average Bonchev–Trinajstić information content (AvgIpc) is 3.16. The van der Waals surface area contributed by atoms with Gasteiger partial charge in [-0.1, -0.05) is 142 Å². The molecule has 0 aliphatic carbocycles. The first-order valence-corrected chi connectivity index (χ1v) is 22.6. The number of hydrogen-bond donors (Lipinski definition) is 0. The molecule has 2 unspecified atom stereocenters. The molecule has 0 N–H and O–H groups in total. The summed E-state index contributed by atoms with van der Waals surface area (Å²) in [4.78, 5) is 37.5. The summed E-state index contributed by atoms with van der Waals surface area (Å²) >= 11 is 0. The van der Waals surface area contributed by atoms with E-state index in [0.717, 1.165) is 83.5 Å². The van der Waals surface area contributed by atoms with E-state index in [1.165, 1.54) is 0 Å². The lowest BCUT2D eigenvalue weighted by Crippen LogP contribution is -2.37. The van der Waals surface area contributed by atoms with Gasteiger partial charge < -0.3 is 27.9 Å². The van der Waals surface area contributed by atoms with Gasteiger partial charge in [-0.25, -0.2) is 0 Å². The lowest BCUT2D eigenvalue weighted by Gasteiger charge is -2.28. The summed E-state index contributed by atoms with van der Waals surface area (Å²) in [5, 5.41) is 0. The largest absolute Gasteiger partial charge is 0.756 e. The lowest BCUT2D eigenvalue weighted by molar-refractivity contribution is -0.870. The summed E-state index contributed by atoms with van der Waals surface area (Å²) in [6, 6.07) is 0. The Bertz CT molecular complexity index is 1330. The van der Waals surface area contributed by atoms with Gasteiger partial charge in [-0.2, -0.15) is 0 Å². The first kappa shape index (κ1) is 53.7. The third-order valence-electron chi connectivity index (χ3n) is 8.10. The lowest BCUT2D eigenvalue weighted by atomic mass is 10.1. The highest BCUT2D eigenvalue weighted by Crippen LogP contribution is 2.38. The Morgan fingerprint density at radius 1 is 0.561 bits per heavy atom. The molecule has 57 heavy (non-hydrogen) atoms. The summed E-state index contributed by atoms with van der Waals surface area (Å²) < 4.78 is 33.7. The molecule has 0 fully saturated rings. The summed E-state index contributed by atoms with van der Waals surface area (Å²) in [6.07, 6.45) is 51.3. The van der Waals surface area contributed by atoms with Crippen molar-refractivity contribution in [3.05, 3.63) is 109 Å². The van der Waals surface area contributed by atoms with E-state index in [-0.39, 0.29) is 26.1 Å². The third kappa shape index (κ3) is 42.1. The molecule has 0 saturated heterocycles. The maximum atomic E-state index is 12.6. The molecule has 10 heteroatoms. The summed E-state index contributed by atoms with van der Waals surface area (Å²) in [5.74, 6) is -0.943. The van der Waals surface area contributed by atoms with Gasteiger partial charge in [-0.05, 0) is 77.0 Å². The van der Waals surface area contributed by atoms with Crippen LogP contribution in [0.2, 0.25) is 0 Å². The van der Waals surface area contributed by atoms with Crippen LogP contribution >= 0.6 is 7.82 Å². The maximum absolute atomic E-state index is 12.6. The number of esters is 2. The Morgan fingerprint density at radius 2 is 1.05 bits per heavy atom. The number of phosphoric ester groups is 1. The van der Waals surface area contributed by atoms with Gasteiger partial charge in [0.25, 0.3) is 7.82 Å². The van der Waals surface area contributed by atoms with Crippen molar-refractivity contribution in [1.29, 1.82) is 0 Å². The highest BCUT2D eigenvalue weighted by molar-refractivity contribution is 7.45. The van der Waals surface area contributed by atoms with Crippen molar-refractivity contribution < 1.29 is 42.1 Å². The minimum Gasteiger partial charge on any atom is -0.756 e. The van der Waals surface area contributed by atoms with Gasteiger partial charge in [0.05, 0.1) is 27.7 Å². The number of allylic oxidation sites excluding steroid dienone is 18. The van der Waals surface area contributed by atoms with Crippen LogP contribution in [0.5, 0.6) is 0 Å². The highest BCUT2D eigenvalue weighted by atomic mass is 31.2. The molecule has 9 nitrogen and oxygen atoms in total. The Balaban J connectivity index is 4.52. The Labute approximate surface area is 346 Å². The fourth-order valence-electron chi connectivity index (χ4n) is 4.84. The number of hydrogen-bond acceptors (Lipinski definition) is 8. The van der Waals surface area contributed by atoms with Crippen molar-refractivity contribution in [2.45, 2.75) is 129 Å². The van der Waals surface area contributed by atoms with Crippen molar-refractivity contribution in [3.8, 4) is 0 Å². The minimum atomic E-state index is -4.65. The maximum Gasteiger partial charge on any atom is 0.306 e. The topological polar surface area (TPSA) is 111 Å². The van der Waals surface area contributed by atoms with Gasteiger partial charge >= 0.3 is 11.9 Å². The van der Waals surface area contributed by atoms with Crippen LogP contribution in [-0.2, 0) is 32.7 Å². The molecule has 0 aliphatic heterocycles. The molecule has 322 valence electrons. The smallest absolute Gasteiger partial charge is 0.306 e.